The number of hydrogen-bond donors (Lipinski definition) is 2. The molecule has 1 aliphatic rings. The first-order valence-corrected chi connectivity index (χ1v) is 9.89. The third-order valence-electron chi connectivity index (χ3n) is 5.58. The second kappa shape index (κ2) is 7.60. The topological polar surface area (TPSA) is 73.1 Å². The molecule has 0 saturated carbocycles. The van der Waals surface area contributed by atoms with Gasteiger partial charge < -0.3 is 5.11 Å². The minimum Gasteiger partial charge on any atom is -0.480 e. The summed E-state index contributed by atoms with van der Waals surface area (Å²) in [6.07, 6.45) is 0. The van der Waals surface area contributed by atoms with Gasteiger partial charge in [-0.3, -0.25) is 10.1 Å². The summed E-state index contributed by atoms with van der Waals surface area (Å²) >= 11 is 12.0. The van der Waals surface area contributed by atoms with Crippen molar-refractivity contribution in [2.24, 2.45) is 5.41 Å². The molecule has 2 aromatic rings. The molecule has 1 saturated heterocycles. The number of aliphatic carboxylic acids is 1. The summed E-state index contributed by atoms with van der Waals surface area (Å²) in [6.45, 7) is 5.76. The monoisotopic (exact) mass is 434 g/mol. The number of carbonyl (C=O) groups is 1. The zero-order chi connectivity index (χ0) is 21.6. The van der Waals surface area contributed by atoms with E-state index in [1.54, 1.807) is 30.3 Å². The van der Waals surface area contributed by atoms with Crippen molar-refractivity contribution >= 4 is 29.2 Å². The first-order chi connectivity index (χ1) is 13.5. The summed E-state index contributed by atoms with van der Waals surface area (Å²) in [5.74, 6) is -2.88. The number of benzene rings is 2. The number of hydrogen-bond acceptors (Lipinski definition) is 3. The highest BCUT2D eigenvalue weighted by Gasteiger charge is 2.62. The average molecular weight is 435 g/mol. The molecule has 0 bridgehead atoms. The maximum atomic E-state index is 15.1. The van der Waals surface area contributed by atoms with Gasteiger partial charge in [0.05, 0.1) is 11.1 Å². The van der Waals surface area contributed by atoms with Crippen LogP contribution < -0.4 is 5.32 Å². The summed E-state index contributed by atoms with van der Waals surface area (Å²) in [5, 5.41) is 23.9. The highest BCUT2D eigenvalue weighted by molar-refractivity contribution is 6.31. The van der Waals surface area contributed by atoms with Gasteiger partial charge in [-0.1, -0.05) is 68.2 Å². The smallest absolute Gasteiger partial charge is 0.321 e. The highest BCUT2D eigenvalue weighted by Crippen LogP contribution is 2.53. The van der Waals surface area contributed by atoms with E-state index >= 15 is 4.39 Å². The predicted molar refractivity (Wildman–Crippen MR) is 111 cm³/mol. The van der Waals surface area contributed by atoms with Crippen LogP contribution in [0, 0.1) is 22.6 Å². The number of nitrogens with one attached hydrogen (secondary N) is 1. The van der Waals surface area contributed by atoms with Gasteiger partial charge in [-0.2, -0.15) is 5.26 Å². The molecular formula is C22H21Cl2FN2O2. The van der Waals surface area contributed by atoms with Crippen molar-refractivity contribution < 1.29 is 14.3 Å². The summed E-state index contributed by atoms with van der Waals surface area (Å²) in [7, 11) is 0. The molecule has 3 rings (SSSR count). The first-order valence-electron chi connectivity index (χ1n) is 9.14. The Morgan fingerprint density at radius 2 is 1.83 bits per heavy atom. The quantitative estimate of drug-likeness (QED) is 0.700. The number of carboxylic acids is 1. The summed E-state index contributed by atoms with van der Waals surface area (Å²) in [5.41, 5.74) is -1.20. The number of nitrogens with zero attached hydrogens (tertiary/aromatic N) is 1. The van der Waals surface area contributed by atoms with Crippen LogP contribution in [-0.2, 0) is 10.2 Å². The lowest BCUT2D eigenvalue weighted by Crippen LogP contribution is -2.50. The first kappa shape index (κ1) is 21.6. The van der Waals surface area contributed by atoms with Gasteiger partial charge in [0, 0.05) is 17.0 Å². The SMILES string of the molecule is CC(C)(C)[C@@H]1N[C@@H](C(=O)O)C(c2cccc(Cl)c2F)[C@@]1(C#N)c1ccc(Cl)cc1. The maximum Gasteiger partial charge on any atom is 0.321 e. The zero-order valence-corrected chi connectivity index (χ0v) is 17.7. The fourth-order valence-corrected chi connectivity index (χ4v) is 4.76. The molecule has 0 spiro atoms. The van der Waals surface area contributed by atoms with Gasteiger partial charge in [0.1, 0.15) is 17.3 Å². The van der Waals surface area contributed by atoms with Gasteiger partial charge in [0.15, 0.2) is 0 Å². The van der Waals surface area contributed by atoms with Gasteiger partial charge in [0.25, 0.3) is 0 Å². The molecule has 29 heavy (non-hydrogen) atoms. The molecule has 1 aliphatic heterocycles. The summed E-state index contributed by atoms with van der Waals surface area (Å²) in [6, 6.07) is 11.8. The summed E-state index contributed by atoms with van der Waals surface area (Å²) < 4.78 is 15.1. The normalized spacial score (nSPS) is 26.9. The van der Waals surface area contributed by atoms with E-state index in [1.807, 2.05) is 20.8 Å². The minimum atomic E-state index is -1.36. The molecule has 1 unspecified atom stereocenters. The molecule has 4 nitrogen and oxygen atoms in total. The second-order valence-corrected chi connectivity index (χ2v) is 9.23. The van der Waals surface area contributed by atoms with E-state index in [4.69, 9.17) is 23.2 Å². The molecule has 2 N–H and O–H groups in total. The molecule has 152 valence electrons. The Labute approximate surface area is 179 Å². The van der Waals surface area contributed by atoms with E-state index in [1.165, 1.54) is 12.1 Å². The number of halogens is 3. The van der Waals surface area contributed by atoms with Crippen LogP contribution in [0.15, 0.2) is 42.5 Å². The fraction of sp³-hybridized carbons (Fsp3) is 0.364. The van der Waals surface area contributed by atoms with Gasteiger partial charge >= 0.3 is 5.97 Å². The van der Waals surface area contributed by atoms with Crippen LogP contribution in [0.5, 0.6) is 0 Å². The van der Waals surface area contributed by atoms with Gasteiger partial charge in [-0.15, -0.1) is 0 Å². The lowest BCUT2D eigenvalue weighted by molar-refractivity contribution is -0.139. The van der Waals surface area contributed by atoms with Crippen molar-refractivity contribution in [3.8, 4) is 6.07 Å². The molecule has 0 aromatic heterocycles. The van der Waals surface area contributed by atoms with E-state index < -0.39 is 40.6 Å². The number of rotatable bonds is 3. The Bertz CT molecular complexity index is 982. The lowest BCUT2D eigenvalue weighted by atomic mass is 9.60. The third-order valence-corrected chi connectivity index (χ3v) is 6.12. The van der Waals surface area contributed by atoms with Crippen LogP contribution in [0.2, 0.25) is 10.0 Å². The molecule has 2 aromatic carbocycles. The predicted octanol–water partition coefficient (Wildman–Crippen LogP) is 5.15. The number of nitriles is 1. The molecule has 0 radical (unpaired) electrons. The van der Waals surface area contributed by atoms with Crippen LogP contribution in [-0.4, -0.2) is 23.2 Å². The van der Waals surface area contributed by atoms with E-state index in [0.717, 1.165) is 0 Å². The van der Waals surface area contributed by atoms with Crippen LogP contribution >= 0.6 is 23.2 Å². The maximum absolute atomic E-state index is 15.1. The molecule has 1 fully saturated rings. The Hall–Kier alpha value is -2.13. The van der Waals surface area contributed by atoms with Crippen LogP contribution in [0.1, 0.15) is 37.8 Å². The molecule has 4 atom stereocenters. The van der Waals surface area contributed by atoms with E-state index in [-0.39, 0.29) is 10.6 Å². The third kappa shape index (κ3) is 3.50. The fourth-order valence-electron chi connectivity index (χ4n) is 4.45. The van der Waals surface area contributed by atoms with Crippen molar-refractivity contribution in [1.29, 1.82) is 5.26 Å². The molecule has 7 heteroatoms. The summed E-state index contributed by atoms with van der Waals surface area (Å²) in [4.78, 5) is 12.2. The standard InChI is InChI=1S/C22H21Cl2FN2O2/c1-21(2,3)20-22(11-26,12-7-9-13(23)10-8-12)16(18(27-20)19(28)29)14-5-4-6-15(24)17(14)25/h4-10,16,18,20,27H,1-3H3,(H,28,29)/t16?,18-,20+,22-/m1/s1. The van der Waals surface area contributed by atoms with Crippen molar-refractivity contribution in [3.63, 3.8) is 0 Å². The van der Waals surface area contributed by atoms with E-state index in [0.29, 0.717) is 10.6 Å². The largest absolute Gasteiger partial charge is 0.480 e. The van der Waals surface area contributed by atoms with Crippen molar-refractivity contribution in [2.75, 3.05) is 0 Å². The van der Waals surface area contributed by atoms with Gasteiger partial charge in [-0.05, 0) is 34.7 Å². The van der Waals surface area contributed by atoms with Gasteiger partial charge in [0.2, 0.25) is 0 Å². The van der Waals surface area contributed by atoms with Crippen molar-refractivity contribution in [3.05, 3.63) is 69.5 Å². The second-order valence-electron chi connectivity index (χ2n) is 8.39. The van der Waals surface area contributed by atoms with Crippen LogP contribution in [0.4, 0.5) is 4.39 Å². The Kier molecular flexibility index (Phi) is 5.66. The Morgan fingerprint density at radius 1 is 1.21 bits per heavy atom. The Balaban J connectivity index is 2.38. The van der Waals surface area contributed by atoms with Gasteiger partial charge in [-0.25, -0.2) is 4.39 Å². The lowest BCUT2D eigenvalue weighted by Gasteiger charge is -2.40. The van der Waals surface area contributed by atoms with Crippen LogP contribution in [0.25, 0.3) is 0 Å². The van der Waals surface area contributed by atoms with Crippen LogP contribution in [0.3, 0.4) is 0 Å². The molecule has 0 aliphatic carbocycles. The van der Waals surface area contributed by atoms with Crippen molar-refractivity contribution in [1.82, 2.24) is 5.32 Å². The zero-order valence-electron chi connectivity index (χ0n) is 16.2. The Morgan fingerprint density at radius 3 is 2.34 bits per heavy atom. The van der Waals surface area contributed by atoms with E-state index in [2.05, 4.69) is 11.4 Å². The molecule has 1 heterocycles. The molecular weight excluding hydrogens is 414 g/mol. The highest BCUT2D eigenvalue weighted by atomic mass is 35.5. The van der Waals surface area contributed by atoms with Crippen molar-refractivity contribution in [2.45, 2.75) is 44.2 Å². The average Bonchev–Trinajstić information content (AvgIpc) is 3.01. The minimum absolute atomic E-state index is 0.0978. The molecule has 0 amide bonds. The number of carboxylic acid groups (broad SMARTS) is 1. The van der Waals surface area contributed by atoms with E-state index in [9.17, 15) is 15.2 Å².